The lowest BCUT2D eigenvalue weighted by Gasteiger charge is -2.14. The highest BCUT2D eigenvalue weighted by atomic mass is 16.5. The van der Waals surface area contributed by atoms with Crippen molar-refractivity contribution < 1.29 is 9.53 Å². The number of carbonyl (C=O) groups excluding carboxylic acids is 1. The first kappa shape index (κ1) is 25.1. The minimum Gasteiger partial charge on any atom is -0.428 e. The van der Waals surface area contributed by atoms with Crippen LogP contribution >= 0.6 is 0 Å². The van der Waals surface area contributed by atoms with Crippen molar-refractivity contribution in [3.63, 3.8) is 0 Å². The standard InChI is InChI=1S/C20H31N5O5/c1-2-3-4-7-12-23-18(27)24(13-8-5-6-11-22-17-26)20(29)25(19(23)28)14-9-10-15-30-16-21/h2-15H2,1H3. The Bertz CT molecular complexity index is 902. The summed E-state index contributed by atoms with van der Waals surface area (Å²) >= 11 is 0. The van der Waals surface area contributed by atoms with E-state index in [1.54, 1.807) is 6.26 Å². The van der Waals surface area contributed by atoms with Gasteiger partial charge in [0.1, 0.15) is 6.61 Å². The summed E-state index contributed by atoms with van der Waals surface area (Å²) in [6, 6.07) is 0. The fourth-order valence-electron chi connectivity index (χ4n) is 3.13. The molecular formula is C20H31N5O5. The van der Waals surface area contributed by atoms with Crippen molar-refractivity contribution in [1.29, 1.82) is 5.26 Å². The smallest absolute Gasteiger partial charge is 0.336 e. The van der Waals surface area contributed by atoms with Gasteiger partial charge in [0.15, 0.2) is 0 Å². The zero-order valence-electron chi connectivity index (χ0n) is 17.7. The normalized spacial score (nSPS) is 10.4. The Balaban J connectivity index is 3.01. The molecule has 30 heavy (non-hydrogen) atoms. The van der Waals surface area contributed by atoms with Gasteiger partial charge in [-0.25, -0.2) is 37.9 Å². The minimum atomic E-state index is -0.609. The van der Waals surface area contributed by atoms with Crippen LogP contribution in [0, 0.1) is 11.5 Å². The number of nitriles is 1. The third kappa shape index (κ3) is 8.21. The van der Waals surface area contributed by atoms with E-state index in [0.29, 0.717) is 45.1 Å². The van der Waals surface area contributed by atoms with Gasteiger partial charge in [-0.05, 0) is 38.5 Å². The molecule has 1 rings (SSSR count). The first-order valence-electron chi connectivity index (χ1n) is 10.6. The highest BCUT2D eigenvalue weighted by molar-refractivity contribution is 5.32. The van der Waals surface area contributed by atoms with Gasteiger partial charge >= 0.3 is 17.1 Å². The quantitative estimate of drug-likeness (QED) is 0.172. The van der Waals surface area contributed by atoms with E-state index in [0.717, 1.165) is 33.0 Å². The van der Waals surface area contributed by atoms with Crippen LogP contribution < -0.4 is 17.1 Å². The summed E-state index contributed by atoms with van der Waals surface area (Å²) in [5, 5.41) is 8.40. The molecule has 166 valence electrons. The second kappa shape index (κ2) is 15.0. The van der Waals surface area contributed by atoms with Crippen LogP contribution in [0.15, 0.2) is 19.4 Å². The van der Waals surface area contributed by atoms with Crippen molar-refractivity contribution in [3.8, 4) is 6.26 Å². The van der Waals surface area contributed by atoms with E-state index >= 15 is 0 Å². The fourth-order valence-corrected chi connectivity index (χ4v) is 3.13. The molecule has 0 aliphatic rings. The number of hydrogen-bond acceptors (Lipinski definition) is 7. The van der Waals surface area contributed by atoms with E-state index in [1.807, 2.05) is 0 Å². The van der Waals surface area contributed by atoms with Crippen LogP contribution in [0.25, 0.3) is 0 Å². The van der Waals surface area contributed by atoms with Crippen LogP contribution in [0.3, 0.4) is 0 Å². The van der Waals surface area contributed by atoms with E-state index in [-0.39, 0.29) is 26.2 Å². The number of rotatable bonds is 16. The van der Waals surface area contributed by atoms with Crippen LogP contribution in [0.1, 0.15) is 64.7 Å². The molecule has 0 saturated heterocycles. The molecule has 1 aromatic heterocycles. The van der Waals surface area contributed by atoms with Crippen LogP contribution in [-0.4, -0.2) is 32.9 Å². The zero-order chi connectivity index (χ0) is 22.2. The number of ether oxygens (including phenoxy) is 1. The van der Waals surface area contributed by atoms with Gasteiger partial charge in [0.05, 0.1) is 6.54 Å². The van der Waals surface area contributed by atoms with Gasteiger partial charge in [0.25, 0.3) is 6.26 Å². The van der Waals surface area contributed by atoms with E-state index in [1.165, 1.54) is 6.08 Å². The van der Waals surface area contributed by atoms with E-state index in [4.69, 9.17) is 5.26 Å². The number of aromatic nitrogens is 3. The van der Waals surface area contributed by atoms with Crippen molar-refractivity contribution in [1.82, 2.24) is 13.7 Å². The number of isocyanates is 1. The first-order valence-corrected chi connectivity index (χ1v) is 10.6. The minimum absolute atomic E-state index is 0.162. The molecule has 0 unspecified atom stereocenters. The molecule has 0 bridgehead atoms. The Morgan fingerprint density at radius 3 is 1.77 bits per heavy atom. The van der Waals surface area contributed by atoms with Gasteiger partial charge in [-0.15, -0.1) is 0 Å². The molecule has 10 nitrogen and oxygen atoms in total. The predicted molar refractivity (Wildman–Crippen MR) is 111 cm³/mol. The highest BCUT2D eigenvalue weighted by Crippen LogP contribution is 2.00. The number of unbranched alkanes of at least 4 members (excludes halogenated alkanes) is 6. The second-order valence-corrected chi connectivity index (χ2v) is 7.04. The molecular weight excluding hydrogens is 390 g/mol. The Morgan fingerprint density at radius 1 is 0.800 bits per heavy atom. The molecule has 10 heteroatoms. The van der Waals surface area contributed by atoms with E-state index < -0.39 is 17.1 Å². The SMILES string of the molecule is CCCCCCn1c(=O)n(CCCCCN=C=O)c(=O)n(CCCCOC#N)c1=O. The van der Waals surface area contributed by atoms with Gasteiger partial charge in [-0.1, -0.05) is 26.2 Å². The summed E-state index contributed by atoms with van der Waals surface area (Å²) in [5.41, 5.74) is -1.77. The van der Waals surface area contributed by atoms with Crippen LogP contribution in [0.5, 0.6) is 0 Å². The van der Waals surface area contributed by atoms with Gasteiger partial charge in [-0.2, -0.15) is 5.26 Å². The molecule has 1 aromatic rings. The van der Waals surface area contributed by atoms with Crippen molar-refractivity contribution in [2.75, 3.05) is 13.2 Å². The third-order valence-electron chi connectivity index (χ3n) is 4.78. The molecule has 1 heterocycles. The van der Waals surface area contributed by atoms with Gasteiger partial charge in [-0.3, -0.25) is 0 Å². The molecule has 0 aliphatic carbocycles. The van der Waals surface area contributed by atoms with Crippen molar-refractivity contribution in [2.24, 2.45) is 4.99 Å². The molecule has 0 radical (unpaired) electrons. The number of hydrogen-bond donors (Lipinski definition) is 0. The lowest BCUT2D eigenvalue weighted by Crippen LogP contribution is -2.54. The van der Waals surface area contributed by atoms with Gasteiger partial charge in [0.2, 0.25) is 6.08 Å². The molecule has 0 aliphatic heterocycles. The molecule has 0 fully saturated rings. The maximum absolute atomic E-state index is 12.8. The maximum atomic E-state index is 12.8. The fraction of sp³-hybridized carbons (Fsp3) is 0.750. The average molecular weight is 421 g/mol. The summed E-state index contributed by atoms with van der Waals surface area (Å²) < 4.78 is 7.99. The Morgan fingerprint density at radius 2 is 1.30 bits per heavy atom. The summed E-state index contributed by atoms with van der Waals surface area (Å²) in [4.78, 5) is 51.9. The van der Waals surface area contributed by atoms with Crippen molar-refractivity contribution in [2.45, 2.75) is 84.3 Å². The molecule has 0 saturated carbocycles. The van der Waals surface area contributed by atoms with E-state index in [2.05, 4.69) is 16.7 Å². The number of aliphatic imine (C=N–C) groups is 1. The van der Waals surface area contributed by atoms with Crippen LogP contribution in [-0.2, 0) is 29.2 Å². The predicted octanol–water partition coefficient (Wildman–Crippen LogP) is 1.54. The Kier molecular flexibility index (Phi) is 12.6. The summed E-state index contributed by atoms with van der Waals surface area (Å²) in [7, 11) is 0. The maximum Gasteiger partial charge on any atom is 0.336 e. The Hall–Kier alpha value is -2.92. The third-order valence-corrected chi connectivity index (χ3v) is 4.78. The molecule has 0 N–H and O–H groups in total. The molecule has 0 aromatic carbocycles. The monoisotopic (exact) mass is 421 g/mol. The van der Waals surface area contributed by atoms with Crippen molar-refractivity contribution in [3.05, 3.63) is 31.5 Å². The van der Waals surface area contributed by atoms with Gasteiger partial charge < -0.3 is 4.74 Å². The summed E-state index contributed by atoms with van der Waals surface area (Å²) in [6.45, 7) is 3.31. The number of nitrogens with zero attached hydrogens (tertiary/aromatic N) is 5. The zero-order valence-corrected chi connectivity index (χ0v) is 17.7. The summed E-state index contributed by atoms with van der Waals surface area (Å²) in [5.74, 6) is 0. The van der Waals surface area contributed by atoms with Crippen LogP contribution in [0.2, 0.25) is 0 Å². The van der Waals surface area contributed by atoms with Gasteiger partial charge in [0, 0.05) is 19.6 Å². The molecule has 0 spiro atoms. The van der Waals surface area contributed by atoms with Crippen LogP contribution in [0.4, 0.5) is 0 Å². The largest absolute Gasteiger partial charge is 0.428 e. The first-order chi connectivity index (χ1) is 14.6. The molecule has 0 atom stereocenters. The second-order valence-electron chi connectivity index (χ2n) is 7.04. The lowest BCUT2D eigenvalue weighted by molar-refractivity contribution is 0.257. The Labute approximate surface area is 175 Å². The lowest BCUT2D eigenvalue weighted by atomic mass is 10.2. The topological polar surface area (TPSA) is 128 Å². The highest BCUT2D eigenvalue weighted by Gasteiger charge is 2.15. The summed E-state index contributed by atoms with van der Waals surface area (Å²) in [6.07, 6.45) is 9.64. The molecule has 0 amide bonds. The van der Waals surface area contributed by atoms with E-state index in [9.17, 15) is 19.2 Å². The average Bonchev–Trinajstić information content (AvgIpc) is 2.74. The van der Waals surface area contributed by atoms with Crippen molar-refractivity contribution >= 4 is 6.08 Å².